The summed E-state index contributed by atoms with van der Waals surface area (Å²) in [4.78, 5) is 0. The number of rotatable bonds is 2. The van der Waals surface area contributed by atoms with E-state index in [9.17, 15) is 8.78 Å². The van der Waals surface area contributed by atoms with E-state index in [2.05, 4.69) is 26.2 Å². The molecule has 0 N–H and O–H groups in total. The molecule has 0 bridgehead atoms. The Balaban J connectivity index is 2.23. The third kappa shape index (κ3) is 3.17. The van der Waals surface area contributed by atoms with E-state index in [0.29, 0.717) is 15.8 Å². The van der Waals surface area contributed by atoms with Gasteiger partial charge in [0.15, 0.2) is 0 Å². The van der Waals surface area contributed by atoms with Gasteiger partial charge in [0, 0.05) is 4.47 Å². The molecule has 2 aromatic carbocycles. The summed E-state index contributed by atoms with van der Waals surface area (Å²) >= 11 is 3.18. The van der Waals surface area contributed by atoms with Crippen molar-refractivity contribution in [2.24, 2.45) is 10.2 Å². The molecule has 5 heteroatoms. The monoisotopic (exact) mass is 296 g/mol. The Morgan fingerprint density at radius 2 is 1.47 bits per heavy atom. The molecule has 2 aromatic rings. The van der Waals surface area contributed by atoms with Crippen molar-refractivity contribution in [2.45, 2.75) is 0 Å². The van der Waals surface area contributed by atoms with Crippen molar-refractivity contribution in [3.63, 3.8) is 0 Å². The van der Waals surface area contributed by atoms with Crippen LogP contribution in [-0.2, 0) is 0 Å². The molecule has 0 fully saturated rings. The molecule has 0 saturated heterocycles. The molecule has 0 heterocycles. The smallest absolute Gasteiger partial charge is 0.124 e. The first-order valence-corrected chi connectivity index (χ1v) is 5.57. The second-order valence-corrected chi connectivity index (χ2v) is 4.13. The van der Waals surface area contributed by atoms with Gasteiger partial charge in [0.2, 0.25) is 0 Å². The highest BCUT2D eigenvalue weighted by atomic mass is 79.9. The minimum atomic E-state index is -0.349. The van der Waals surface area contributed by atoms with E-state index in [0.717, 1.165) is 0 Å². The number of halogens is 3. The van der Waals surface area contributed by atoms with Crippen LogP contribution in [0.5, 0.6) is 0 Å². The third-order valence-electron chi connectivity index (χ3n) is 2.01. The van der Waals surface area contributed by atoms with Crippen LogP contribution < -0.4 is 0 Å². The average molecular weight is 297 g/mol. The fraction of sp³-hybridized carbons (Fsp3) is 0. The molecule has 0 radical (unpaired) electrons. The van der Waals surface area contributed by atoms with Crippen LogP contribution in [0.4, 0.5) is 20.2 Å². The maximum Gasteiger partial charge on any atom is 0.124 e. The molecule has 2 rings (SSSR count). The normalized spacial score (nSPS) is 11.0. The zero-order valence-electron chi connectivity index (χ0n) is 8.57. The Kier molecular flexibility index (Phi) is 3.58. The topological polar surface area (TPSA) is 24.7 Å². The fourth-order valence-corrected chi connectivity index (χ4v) is 1.61. The minimum Gasteiger partial charge on any atom is -0.207 e. The van der Waals surface area contributed by atoms with Gasteiger partial charge >= 0.3 is 0 Å². The molecule has 17 heavy (non-hydrogen) atoms. The van der Waals surface area contributed by atoms with Gasteiger partial charge < -0.3 is 0 Å². The number of hydrogen-bond acceptors (Lipinski definition) is 2. The molecular weight excluding hydrogens is 290 g/mol. The standard InChI is InChI=1S/C12H7BrF2N2/c13-11-7-9(15)3-6-12(11)17-16-10-4-1-8(14)2-5-10/h1-7H. The lowest BCUT2D eigenvalue weighted by atomic mass is 10.3. The molecule has 0 unspecified atom stereocenters. The van der Waals surface area contributed by atoms with E-state index in [-0.39, 0.29) is 11.6 Å². The van der Waals surface area contributed by atoms with E-state index in [1.54, 1.807) is 0 Å². The Hall–Kier alpha value is -1.62. The summed E-state index contributed by atoms with van der Waals surface area (Å²) in [6, 6.07) is 9.73. The second kappa shape index (κ2) is 5.14. The zero-order valence-corrected chi connectivity index (χ0v) is 10.2. The van der Waals surface area contributed by atoms with Crippen LogP contribution in [0.15, 0.2) is 57.2 Å². The predicted molar refractivity (Wildman–Crippen MR) is 64.7 cm³/mol. The lowest BCUT2D eigenvalue weighted by molar-refractivity contribution is 0.626. The highest BCUT2D eigenvalue weighted by Crippen LogP contribution is 2.27. The van der Waals surface area contributed by atoms with Crippen LogP contribution in [0.3, 0.4) is 0 Å². The summed E-state index contributed by atoms with van der Waals surface area (Å²) in [5, 5.41) is 7.85. The molecular formula is C12H7BrF2N2. The van der Waals surface area contributed by atoms with Gasteiger partial charge in [-0.15, -0.1) is 5.11 Å². The first-order chi connectivity index (χ1) is 8.15. The summed E-state index contributed by atoms with van der Waals surface area (Å²) in [5.74, 6) is -0.676. The van der Waals surface area contributed by atoms with Crippen LogP contribution in [0.25, 0.3) is 0 Å². The van der Waals surface area contributed by atoms with Crippen LogP contribution >= 0.6 is 15.9 Å². The van der Waals surface area contributed by atoms with Crippen molar-refractivity contribution < 1.29 is 8.78 Å². The number of hydrogen-bond donors (Lipinski definition) is 0. The number of nitrogens with zero attached hydrogens (tertiary/aromatic N) is 2. The maximum absolute atomic E-state index is 12.8. The first kappa shape index (κ1) is 11.9. The molecule has 2 nitrogen and oxygen atoms in total. The highest BCUT2D eigenvalue weighted by Gasteiger charge is 1.99. The van der Waals surface area contributed by atoms with Gasteiger partial charge in [-0.3, -0.25) is 0 Å². The predicted octanol–water partition coefficient (Wildman–Crippen LogP) is 5.14. The molecule has 0 aliphatic carbocycles. The maximum atomic E-state index is 12.8. The van der Waals surface area contributed by atoms with Crippen LogP contribution in [-0.4, -0.2) is 0 Å². The van der Waals surface area contributed by atoms with Crippen LogP contribution in [0.1, 0.15) is 0 Å². The van der Waals surface area contributed by atoms with Crippen molar-refractivity contribution in [3.05, 3.63) is 58.6 Å². The largest absolute Gasteiger partial charge is 0.207 e. The minimum absolute atomic E-state index is 0.327. The zero-order chi connectivity index (χ0) is 12.3. The Morgan fingerprint density at radius 3 is 2.12 bits per heavy atom. The molecule has 0 aliphatic rings. The number of azo groups is 1. The average Bonchev–Trinajstić information content (AvgIpc) is 2.30. The summed E-state index contributed by atoms with van der Waals surface area (Å²) < 4.78 is 26.0. The lowest BCUT2D eigenvalue weighted by Crippen LogP contribution is -1.73. The number of benzene rings is 2. The van der Waals surface area contributed by atoms with Crippen molar-refractivity contribution in [1.82, 2.24) is 0 Å². The van der Waals surface area contributed by atoms with Gasteiger partial charge in [0.05, 0.1) is 5.69 Å². The summed E-state index contributed by atoms with van der Waals surface area (Å²) in [6.45, 7) is 0. The Labute approximate surface area is 105 Å². The summed E-state index contributed by atoms with van der Waals surface area (Å²) in [7, 11) is 0. The SMILES string of the molecule is Fc1ccc(N=Nc2ccc(F)cc2Br)cc1. The van der Waals surface area contributed by atoms with Crippen molar-refractivity contribution >= 4 is 27.3 Å². The molecule has 0 spiro atoms. The molecule has 0 aromatic heterocycles. The Morgan fingerprint density at radius 1 is 0.824 bits per heavy atom. The molecule has 0 amide bonds. The third-order valence-corrected chi connectivity index (χ3v) is 2.64. The van der Waals surface area contributed by atoms with Gasteiger partial charge in [-0.05, 0) is 58.4 Å². The van der Waals surface area contributed by atoms with E-state index in [1.807, 2.05) is 0 Å². The van der Waals surface area contributed by atoms with Crippen LogP contribution in [0.2, 0.25) is 0 Å². The molecule has 0 aliphatic heterocycles. The van der Waals surface area contributed by atoms with Crippen LogP contribution in [0, 0.1) is 11.6 Å². The summed E-state index contributed by atoms with van der Waals surface area (Å²) in [6.07, 6.45) is 0. The summed E-state index contributed by atoms with van der Waals surface area (Å²) in [5.41, 5.74) is 1.04. The second-order valence-electron chi connectivity index (χ2n) is 3.27. The lowest BCUT2D eigenvalue weighted by Gasteiger charge is -1.97. The van der Waals surface area contributed by atoms with Gasteiger partial charge in [-0.2, -0.15) is 5.11 Å². The quantitative estimate of drug-likeness (QED) is 0.685. The van der Waals surface area contributed by atoms with Crippen molar-refractivity contribution in [3.8, 4) is 0 Å². The van der Waals surface area contributed by atoms with Crippen molar-refractivity contribution in [2.75, 3.05) is 0 Å². The van der Waals surface area contributed by atoms with E-state index >= 15 is 0 Å². The van der Waals surface area contributed by atoms with Gasteiger partial charge in [-0.25, -0.2) is 8.78 Å². The molecule has 86 valence electrons. The first-order valence-electron chi connectivity index (χ1n) is 4.77. The van der Waals surface area contributed by atoms with E-state index in [4.69, 9.17) is 0 Å². The van der Waals surface area contributed by atoms with Crippen molar-refractivity contribution in [1.29, 1.82) is 0 Å². The Bertz CT molecular complexity index is 553. The van der Waals surface area contributed by atoms with E-state index in [1.165, 1.54) is 42.5 Å². The van der Waals surface area contributed by atoms with Gasteiger partial charge in [0.25, 0.3) is 0 Å². The highest BCUT2D eigenvalue weighted by molar-refractivity contribution is 9.10. The molecule has 0 atom stereocenters. The van der Waals surface area contributed by atoms with E-state index < -0.39 is 0 Å². The fourth-order valence-electron chi connectivity index (χ4n) is 1.18. The van der Waals surface area contributed by atoms with Gasteiger partial charge in [-0.1, -0.05) is 0 Å². The van der Waals surface area contributed by atoms with Gasteiger partial charge in [0.1, 0.15) is 17.3 Å². The molecule has 0 saturated carbocycles.